The fraction of sp³-hybridized carbons (Fsp3) is 0.611. The van der Waals surface area contributed by atoms with Gasteiger partial charge in [-0.05, 0) is 44.0 Å². The van der Waals surface area contributed by atoms with Gasteiger partial charge in [0, 0.05) is 9.64 Å². The summed E-state index contributed by atoms with van der Waals surface area (Å²) < 4.78 is 9.69. The fourth-order valence-corrected chi connectivity index (χ4v) is 4.82. The molecule has 1 fully saturated rings. The molecule has 1 saturated carbocycles. The van der Waals surface area contributed by atoms with Crippen molar-refractivity contribution < 1.29 is 19.4 Å². The molecule has 0 unspecified atom stereocenters. The van der Waals surface area contributed by atoms with Crippen LogP contribution in [0.5, 0.6) is 5.75 Å². The summed E-state index contributed by atoms with van der Waals surface area (Å²) in [5, 5.41) is 10.9. The predicted molar refractivity (Wildman–Crippen MR) is 91.9 cm³/mol. The molecule has 23 heavy (non-hydrogen) atoms. The number of benzene rings is 1. The number of aliphatic hydroxyl groups is 1. The second-order valence-corrected chi connectivity index (χ2v) is 7.65. The Labute approximate surface area is 142 Å². The van der Waals surface area contributed by atoms with Crippen LogP contribution in [0.2, 0.25) is 0 Å². The summed E-state index contributed by atoms with van der Waals surface area (Å²) in [6, 6.07) is 7.87. The van der Waals surface area contributed by atoms with E-state index in [1.165, 1.54) is 13.5 Å². The van der Waals surface area contributed by atoms with Crippen molar-refractivity contribution in [2.75, 3.05) is 14.2 Å². The highest BCUT2D eigenvalue weighted by atomic mass is 32.2. The molecule has 1 N–H and O–H groups in total. The second kappa shape index (κ2) is 8.06. The standard InChI is InChI=1S/C18H26O4S/c1-13(17(20)22-3)16(19)18(11-5-4-6-12-18)23-15-9-7-14(21-2)8-10-15/h7-10,13,16,19H,4-6,11-12H2,1-3H3/t13-,16+/m0/s1. The Morgan fingerprint density at radius 3 is 2.30 bits per heavy atom. The number of carbonyl (C=O) groups is 1. The van der Waals surface area contributed by atoms with Crippen molar-refractivity contribution in [3.05, 3.63) is 24.3 Å². The first-order chi connectivity index (χ1) is 11.0. The van der Waals surface area contributed by atoms with E-state index in [0.29, 0.717) is 0 Å². The third kappa shape index (κ3) is 4.21. The Morgan fingerprint density at radius 2 is 1.78 bits per heavy atom. The lowest BCUT2D eigenvalue weighted by Crippen LogP contribution is -2.47. The maximum Gasteiger partial charge on any atom is 0.311 e. The average Bonchev–Trinajstić information content (AvgIpc) is 2.61. The molecule has 0 amide bonds. The molecule has 0 saturated heterocycles. The minimum atomic E-state index is -0.720. The van der Waals surface area contributed by atoms with Crippen LogP contribution in [0.3, 0.4) is 0 Å². The Hall–Kier alpha value is -1.20. The molecule has 0 bridgehead atoms. The van der Waals surface area contributed by atoms with Gasteiger partial charge in [-0.15, -0.1) is 11.8 Å². The normalized spacial score (nSPS) is 19.7. The monoisotopic (exact) mass is 338 g/mol. The maximum atomic E-state index is 11.9. The van der Waals surface area contributed by atoms with Crippen molar-refractivity contribution in [1.82, 2.24) is 0 Å². The van der Waals surface area contributed by atoms with E-state index in [2.05, 4.69) is 0 Å². The number of aliphatic hydroxyl groups excluding tert-OH is 1. The van der Waals surface area contributed by atoms with E-state index in [0.717, 1.165) is 36.3 Å². The molecular weight excluding hydrogens is 312 g/mol. The third-order valence-electron chi connectivity index (χ3n) is 4.67. The van der Waals surface area contributed by atoms with Gasteiger partial charge < -0.3 is 14.6 Å². The first-order valence-electron chi connectivity index (χ1n) is 8.11. The smallest absolute Gasteiger partial charge is 0.311 e. The van der Waals surface area contributed by atoms with Crippen LogP contribution < -0.4 is 4.74 Å². The SMILES string of the molecule is COC(=O)[C@@H](C)[C@@H](O)C1(Sc2ccc(OC)cc2)CCCCC1. The second-order valence-electron chi connectivity index (χ2n) is 6.16. The topological polar surface area (TPSA) is 55.8 Å². The van der Waals surface area contributed by atoms with Crippen LogP contribution in [-0.2, 0) is 9.53 Å². The number of hydrogen-bond donors (Lipinski definition) is 1. The fourth-order valence-electron chi connectivity index (χ4n) is 3.26. The number of esters is 1. The van der Waals surface area contributed by atoms with Gasteiger partial charge in [0.2, 0.25) is 0 Å². The largest absolute Gasteiger partial charge is 0.497 e. The predicted octanol–water partition coefficient (Wildman–Crippen LogP) is 3.66. The first kappa shape index (κ1) is 18.1. The molecule has 1 aromatic rings. The number of ether oxygens (including phenoxy) is 2. The molecule has 1 aliphatic carbocycles. The average molecular weight is 338 g/mol. The van der Waals surface area contributed by atoms with Gasteiger partial charge in [-0.3, -0.25) is 4.79 Å². The summed E-state index contributed by atoms with van der Waals surface area (Å²) in [5.74, 6) is -0.0582. The summed E-state index contributed by atoms with van der Waals surface area (Å²) in [5.41, 5.74) is 0. The Balaban J connectivity index is 2.22. The van der Waals surface area contributed by atoms with Gasteiger partial charge in [-0.1, -0.05) is 19.3 Å². The van der Waals surface area contributed by atoms with Gasteiger partial charge in [0.25, 0.3) is 0 Å². The molecule has 0 spiro atoms. The zero-order valence-electron chi connectivity index (χ0n) is 14.1. The van der Waals surface area contributed by atoms with E-state index < -0.39 is 12.0 Å². The zero-order chi connectivity index (χ0) is 16.9. The summed E-state index contributed by atoms with van der Waals surface area (Å²) >= 11 is 1.68. The first-order valence-corrected chi connectivity index (χ1v) is 8.93. The van der Waals surface area contributed by atoms with E-state index >= 15 is 0 Å². The maximum absolute atomic E-state index is 11.9. The minimum absolute atomic E-state index is 0.333. The van der Waals surface area contributed by atoms with E-state index in [-0.39, 0.29) is 10.7 Å². The van der Waals surface area contributed by atoms with E-state index in [9.17, 15) is 9.90 Å². The number of methoxy groups -OCH3 is 2. The van der Waals surface area contributed by atoms with Crippen LogP contribution in [0.1, 0.15) is 39.0 Å². The Bertz CT molecular complexity index is 508. The summed E-state index contributed by atoms with van der Waals surface area (Å²) in [6.45, 7) is 1.75. The van der Waals surface area contributed by atoms with Gasteiger partial charge in [-0.25, -0.2) is 0 Å². The van der Waals surface area contributed by atoms with E-state index in [1.54, 1.807) is 25.8 Å². The minimum Gasteiger partial charge on any atom is -0.497 e. The Kier molecular flexibility index (Phi) is 6.36. The van der Waals surface area contributed by atoms with Crippen LogP contribution in [-0.4, -0.2) is 36.1 Å². The van der Waals surface area contributed by atoms with Crippen LogP contribution in [0, 0.1) is 5.92 Å². The molecule has 4 nitrogen and oxygen atoms in total. The van der Waals surface area contributed by atoms with Crippen molar-refractivity contribution >= 4 is 17.7 Å². The number of thioether (sulfide) groups is 1. The molecule has 1 aliphatic rings. The summed E-state index contributed by atoms with van der Waals surface area (Å²) in [6.07, 6.45) is 4.44. The third-order valence-corrected chi connectivity index (χ3v) is 6.23. The highest BCUT2D eigenvalue weighted by molar-refractivity contribution is 8.00. The van der Waals surface area contributed by atoms with Crippen LogP contribution >= 0.6 is 11.8 Å². The van der Waals surface area contributed by atoms with Crippen LogP contribution in [0.4, 0.5) is 0 Å². The molecule has 2 rings (SSSR count). The molecular formula is C18H26O4S. The zero-order valence-corrected chi connectivity index (χ0v) is 14.9. The molecule has 0 heterocycles. The lowest BCUT2D eigenvalue weighted by molar-refractivity contribution is -0.149. The summed E-state index contributed by atoms with van der Waals surface area (Å²) in [4.78, 5) is 13.0. The number of rotatable bonds is 6. The summed E-state index contributed by atoms with van der Waals surface area (Å²) in [7, 11) is 3.02. The lowest BCUT2D eigenvalue weighted by Gasteiger charge is -2.42. The molecule has 0 aromatic heterocycles. The molecule has 0 aliphatic heterocycles. The quantitative estimate of drug-likeness (QED) is 0.802. The lowest BCUT2D eigenvalue weighted by atomic mass is 9.80. The van der Waals surface area contributed by atoms with Crippen molar-refractivity contribution in [3.8, 4) is 5.75 Å². The van der Waals surface area contributed by atoms with Gasteiger partial charge in [-0.2, -0.15) is 0 Å². The van der Waals surface area contributed by atoms with Crippen molar-refractivity contribution in [2.45, 2.75) is 54.8 Å². The van der Waals surface area contributed by atoms with Gasteiger partial charge >= 0.3 is 5.97 Å². The van der Waals surface area contributed by atoms with Gasteiger partial charge in [0.15, 0.2) is 0 Å². The Morgan fingerprint density at radius 1 is 1.17 bits per heavy atom. The van der Waals surface area contributed by atoms with Gasteiger partial charge in [0.1, 0.15) is 5.75 Å². The van der Waals surface area contributed by atoms with E-state index in [1.807, 2.05) is 24.3 Å². The molecule has 0 radical (unpaired) electrons. The molecule has 2 atom stereocenters. The molecule has 5 heteroatoms. The van der Waals surface area contributed by atoms with Crippen molar-refractivity contribution in [2.24, 2.45) is 5.92 Å². The molecule has 1 aromatic carbocycles. The number of hydrogen-bond acceptors (Lipinski definition) is 5. The molecule has 128 valence electrons. The van der Waals surface area contributed by atoms with Crippen molar-refractivity contribution in [1.29, 1.82) is 0 Å². The van der Waals surface area contributed by atoms with E-state index in [4.69, 9.17) is 9.47 Å². The van der Waals surface area contributed by atoms with Crippen LogP contribution in [0.25, 0.3) is 0 Å². The highest BCUT2D eigenvalue weighted by Gasteiger charge is 2.44. The highest BCUT2D eigenvalue weighted by Crippen LogP contribution is 2.48. The van der Waals surface area contributed by atoms with Gasteiger partial charge in [0.05, 0.1) is 26.2 Å². The van der Waals surface area contributed by atoms with Crippen LogP contribution in [0.15, 0.2) is 29.2 Å². The van der Waals surface area contributed by atoms with Crippen molar-refractivity contribution in [3.63, 3.8) is 0 Å². The number of carbonyl (C=O) groups excluding carboxylic acids is 1.